The van der Waals surface area contributed by atoms with Gasteiger partial charge in [-0.3, -0.25) is 18.8 Å². The van der Waals surface area contributed by atoms with Crippen LogP contribution in [0.5, 0.6) is 5.75 Å². The SMILES string of the molecule is CC#CCOc1ccc(S(=O)C(CCCCN(N)C(C)=O)C(=O)O)cc1. The van der Waals surface area contributed by atoms with E-state index in [1.807, 2.05) is 0 Å². The van der Waals surface area contributed by atoms with Gasteiger partial charge in [0.25, 0.3) is 0 Å². The molecule has 3 N–H and O–H groups in total. The van der Waals surface area contributed by atoms with E-state index in [1.54, 1.807) is 31.2 Å². The third-order valence-corrected chi connectivity index (χ3v) is 5.29. The zero-order valence-electron chi connectivity index (χ0n) is 14.9. The molecule has 0 aliphatic rings. The summed E-state index contributed by atoms with van der Waals surface area (Å²) < 4.78 is 17.9. The van der Waals surface area contributed by atoms with Gasteiger partial charge in [-0.25, -0.2) is 5.84 Å². The summed E-state index contributed by atoms with van der Waals surface area (Å²) in [5, 5.41) is 9.44. The van der Waals surface area contributed by atoms with E-state index < -0.39 is 22.0 Å². The number of benzene rings is 1. The lowest BCUT2D eigenvalue weighted by molar-refractivity contribution is -0.136. The highest BCUT2D eigenvalue weighted by Crippen LogP contribution is 2.20. The molecule has 1 aromatic carbocycles. The van der Waals surface area contributed by atoms with Crippen molar-refractivity contribution in [2.75, 3.05) is 13.2 Å². The minimum Gasteiger partial charge on any atom is -0.481 e. The molecule has 0 aliphatic heterocycles. The summed E-state index contributed by atoms with van der Waals surface area (Å²) in [6.07, 6.45) is 1.28. The molecule has 0 bridgehead atoms. The van der Waals surface area contributed by atoms with Gasteiger partial charge in [0, 0.05) is 18.4 Å². The molecule has 26 heavy (non-hydrogen) atoms. The van der Waals surface area contributed by atoms with Gasteiger partial charge in [-0.05, 0) is 50.5 Å². The van der Waals surface area contributed by atoms with Crippen molar-refractivity contribution in [3.63, 3.8) is 0 Å². The molecular weight excluding hydrogens is 356 g/mol. The number of hydrogen-bond donors (Lipinski definition) is 2. The highest BCUT2D eigenvalue weighted by molar-refractivity contribution is 7.86. The van der Waals surface area contributed by atoms with Crippen LogP contribution in [-0.4, -0.2) is 44.6 Å². The highest BCUT2D eigenvalue weighted by Gasteiger charge is 2.25. The zero-order valence-corrected chi connectivity index (χ0v) is 15.8. The Morgan fingerprint density at radius 3 is 2.50 bits per heavy atom. The molecule has 2 atom stereocenters. The summed E-state index contributed by atoms with van der Waals surface area (Å²) in [7, 11) is -1.68. The van der Waals surface area contributed by atoms with E-state index in [0.717, 1.165) is 5.01 Å². The van der Waals surface area contributed by atoms with Crippen LogP contribution in [0.2, 0.25) is 0 Å². The largest absolute Gasteiger partial charge is 0.481 e. The number of carbonyl (C=O) groups is 2. The molecule has 0 spiro atoms. The molecule has 8 heteroatoms. The van der Waals surface area contributed by atoms with E-state index >= 15 is 0 Å². The molecule has 1 aromatic rings. The number of hydrogen-bond acceptors (Lipinski definition) is 5. The quantitative estimate of drug-likeness (QED) is 0.209. The second kappa shape index (κ2) is 11.3. The Labute approximate surface area is 155 Å². The first kappa shape index (κ1) is 21.7. The number of amides is 1. The third kappa shape index (κ3) is 7.25. The Morgan fingerprint density at radius 1 is 1.31 bits per heavy atom. The summed E-state index contributed by atoms with van der Waals surface area (Å²) in [6, 6.07) is 6.47. The fourth-order valence-corrected chi connectivity index (χ4v) is 3.41. The second-order valence-electron chi connectivity index (χ2n) is 5.52. The summed E-state index contributed by atoms with van der Waals surface area (Å²) in [5.74, 6) is 10.2. The van der Waals surface area contributed by atoms with Crippen LogP contribution in [0.3, 0.4) is 0 Å². The van der Waals surface area contributed by atoms with Crippen molar-refractivity contribution >= 4 is 22.7 Å². The van der Waals surface area contributed by atoms with Gasteiger partial charge in [0.1, 0.15) is 17.6 Å². The Hall–Kier alpha value is -2.37. The average molecular weight is 380 g/mol. The molecule has 2 unspecified atom stereocenters. The fourth-order valence-electron chi connectivity index (χ4n) is 2.12. The van der Waals surface area contributed by atoms with Gasteiger partial charge in [-0.2, -0.15) is 0 Å². The Balaban J connectivity index is 2.62. The van der Waals surface area contributed by atoms with Crippen LogP contribution in [0.4, 0.5) is 0 Å². The van der Waals surface area contributed by atoms with Crippen LogP contribution in [0, 0.1) is 11.8 Å². The molecule has 1 amide bonds. The van der Waals surface area contributed by atoms with Crippen molar-refractivity contribution in [3.05, 3.63) is 24.3 Å². The van der Waals surface area contributed by atoms with Crippen LogP contribution in [0.1, 0.15) is 33.1 Å². The number of nitrogens with zero attached hydrogens (tertiary/aromatic N) is 1. The van der Waals surface area contributed by atoms with Gasteiger partial charge in [-0.15, -0.1) is 5.92 Å². The Bertz CT molecular complexity index is 694. The van der Waals surface area contributed by atoms with E-state index in [0.29, 0.717) is 30.0 Å². The normalized spacial score (nSPS) is 12.4. The summed E-state index contributed by atoms with van der Waals surface area (Å²) in [5.41, 5.74) is 0. The summed E-state index contributed by atoms with van der Waals surface area (Å²) in [6.45, 7) is 3.67. The minimum absolute atomic E-state index is 0.234. The van der Waals surface area contributed by atoms with Gasteiger partial charge in [0.2, 0.25) is 5.91 Å². The zero-order chi connectivity index (χ0) is 19.5. The summed E-state index contributed by atoms with van der Waals surface area (Å²) in [4.78, 5) is 22.9. The second-order valence-corrected chi connectivity index (χ2v) is 7.15. The fraction of sp³-hybridized carbons (Fsp3) is 0.444. The lowest BCUT2D eigenvalue weighted by atomic mass is 10.2. The van der Waals surface area contributed by atoms with E-state index in [-0.39, 0.29) is 18.9 Å². The maximum Gasteiger partial charge on any atom is 0.319 e. The number of carboxylic acids is 1. The first-order valence-corrected chi connectivity index (χ1v) is 9.36. The molecule has 0 saturated carbocycles. The monoisotopic (exact) mass is 380 g/mol. The first-order valence-electron chi connectivity index (χ1n) is 8.15. The van der Waals surface area contributed by atoms with Crippen LogP contribution in [0.15, 0.2) is 29.2 Å². The number of carboxylic acid groups (broad SMARTS) is 1. The van der Waals surface area contributed by atoms with Crippen molar-refractivity contribution in [3.8, 4) is 17.6 Å². The van der Waals surface area contributed by atoms with Crippen LogP contribution in [-0.2, 0) is 20.4 Å². The van der Waals surface area contributed by atoms with Gasteiger partial charge in [0.15, 0.2) is 0 Å². The lowest BCUT2D eigenvalue weighted by Gasteiger charge is -2.15. The maximum atomic E-state index is 12.6. The molecule has 0 aromatic heterocycles. The number of hydrazine groups is 1. The number of ether oxygens (including phenoxy) is 1. The maximum absolute atomic E-state index is 12.6. The van der Waals surface area contributed by atoms with E-state index in [9.17, 15) is 18.9 Å². The van der Waals surface area contributed by atoms with E-state index in [2.05, 4.69) is 11.8 Å². The van der Waals surface area contributed by atoms with Gasteiger partial charge in [-0.1, -0.05) is 5.92 Å². The molecular formula is C18H24N2O5S. The smallest absolute Gasteiger partial charge is 0.319 e. The number of rotatable bonds is 10. The van der Waals surface area contributed by atoms with Crippen LogP contribution >= 0.6 is 0 Å². The topological polar surface area (TPSA) is 110 Å². The van der Waals surface area contributed by atoms with Crippen LogP contribution in [0.25, 0.3) is 0 Å². The standard InChI is InChI=1S/C18H24N2O5S/c1-3-4-13-25-15-8-10-16(11-9-15)26(24)17(18(22)23)7-5-6-12-20(19)14(2)21/h8-11,17H,5-7,12-13,19H2,1-2H3,(H,22,23). The van der Waals surface area contributed by atoms with Crippen molar-refractivity contribution in [1.29, 1.82) is 0 Å². The molecule has 0 aliphatic carbocycles. The predicted molar refractivity (Wildman–Crippen MR) is 98.6 cm³/mol. The lowest BCUT2D eigenvalue weighted by Crippen LogP contribution is -2.36. The average Bonchev–Trinajstić information content (AvgIpc) is 2.61. The molecule has 0 saturated heterocycles. The molecule has 0 heterocycles. The van der Waals surface area contributed by atoms with Gasteiger partial charge < -0.3 is 9.84 Å². The molecule has 142 valence electrons. The number of aliphatic carboxylic acids is 1. The number of unbranched alkanes of at least 4 members (excludes halogenated alkanes) is 1. The van der Waals surface area contributed by atoms with E-state index in [4.69, 9.17) is 10.6 Å². The molecule has 0 radical (unpaired) electrons. The summed E-state index contributed by atoms with van der Waals surface area (Å²) >= 11 is 0. The molecule has 0 fully saturated rings. The van der Waals surface area contributed by atoms with Crippen LogP contribution < -0.4 is 10.6 Å². The number of nitrogens with two attached hydrogens (primary N) is 1. The van der Waals surface area contributed by atoms with Crippen molar-refractivity contribution in [2.24, 2.45) is 5.84 Å². The van der Waals surface area contributed by atoms with Crippen molar-refractivity contribution in [2.45, 2.75) is 43.3 Å². The van der Waals surface area contributed by atoms with Crippen molar-refractivity contribution < 1.29 is 23.6 Å². The Kier molecular flexibility index (Phi) is 9.41. The third-order valence-electron chi connectivity index (χ3n) is 3.60. The van der Waals surface area contributed by atoms with Crippen molar-refractivity contribution in [1.82, 2.24) is 5.01 Å². The number of carbonyl (C=O) groups excluding carboxylic acids is 1. The van der Waals surface area contributed by atoms with Gasteiger partial charge in [0.05, 0.1) is 10.8 Å². The Morgan fingerprint density at radius 2 is 1.96 bits per heavy atom. The van der Waals surface area contributed by atoms with E-state index in [1.165, 1.54) is 6.92 Å². The highest BCUT2D eigenvalue weighted by atomic mass is 32.2. The van der Waals surface area contributed by atoms with Gasteiger partial charge >= 0.3 is 5.97 Å². The minimum atomic E-state index is -1.68. The molecule has 1 rings (SSSR count). The predicted octanol–water partition coefficient (Wildman–Crippen LogP) is 1.54. The molecule has 7 nitrogen and oxygen atoms in total. The first-order chi connectivity index (χ1) is 12.4.